The van der Waals surface area contributed by atoms with Gasteiger partial charge < -0.3 is 10.2 Å². The number of nitrogens with zero attached hydrogens (tertiary/aromatic N) is 1. The Kier molecular flexibility index (Phi) is 2.54. The van der Waals surface area contributed by atoms with Gasteiger partial charge in [-0.15, -0.1) is 0 Å². The molecule has 0 fully saturated rings. The van der Waals surface area contributed by atoms with Gasteiger partial charge in [0.25, 0.3) is 0 Å². The lowest BCUT2D eigenvalue weighted by molar-refractivity contribution is -0.157. The molecule has 0 saturated carbocycles. The lowest BCUT2D eigenvalue weighted by atomic mass is 9.95. The van der Waals surface area contributed by atoms with Crippen molar-refractivity contribution in [2.45, 2.75) is 12.5 Å². The van der Waals surface area contributed by atoms with Crippen molar-refractivity contribution in [2.24, 2.45) is 0 Å². The number of carbonyl (C=O) groups is 1. The summed E-state index contributed by atoms with van der Waals surface area (Å²) < 4.78 is 0. The second-order valence-corrected chi connectivity index (χ2v) is 3.07. The van der Waals surface area contributed by atoms with Crippen LogP contribution in [-0.2, 0) is 10.4 Å². The van der Waals surface area contributed by atoms with Crippen molar-refractivity contribution in [3.8, 4) is 6.07 Å². The molecule has 2 N–H and O–H groups in total. The molecule has 1 unspecified atom stereocenters. The quantitative estimate of drug-likeness (QED) is 0.726. The van der Waals surface area contributed by atoms with Crippen molar-refractivity contribution in [3.05, 3.63) is 35.4 Å². The number of aliphatic hydroxyl groups is 1. The first-order valence-corrected chi connectivity index (χ1v) is 3.95. The van der Waals surface area contributed by atoms with E-state index >= 15 is 0 Å². The summed E-state index contributed by atoms with van der Waals surface area (Å²) in [5.74, 6) is -1.32. The molecular weight excluding hydrogens is 182 g/mol. The Labute approximate surface area is 81.0 Å². The lowest BCUT2D eigenvalue weighted by Crippen LogP contribution is -2.31. The number of hydrogen-bond acceptors (Lipinski definition) is 3. The predicted octanol–water partition coefficient (Wildman–Crippen LogP) is 0.850. The highest BCUT2D eigenvalue weighted by Crippen LogP contribution is 2.20. The van der Waals surface area contributed by atoms with Crippen molar-refractivity contribution in [2.75, 3.05) is 0 Å². The second-order valence-electron chi connectivity index (χ2n) is 3.07. The van der Waals surface area contributed by atoms with Gasteiger partial charge in [0, 0.05) is 0 Å². The van der Waals surface area contributed by atoms with Crippen molar-refractivity contribution in [1.82, 2.24) is 0 Å². The summed E-state index contributed by atoms with van der Waals surface area (Å²) in [6.45, 7) is 1.19. The molecule has 0 bridgehead atoms. The minimum atomic E-state index is -1.91. The van der Waals surface area contributed by atoms with Gasteiger partial charge in [0.15, 0.2) is 5.60 Å². The van der Waals surface area contributed by atoms with E-state index in [0.29, 0.717) is 5.56 Å². The van der Waals surface area contributed by atoms with Gasteiger partial charge in [-0.25, -0.2) is 4.79 Å². The van der Waals surface area contributed by atoms with Gasteiger partial charge in [-0.05, 0) is 24.6 Å². The number of hydrogen-bond donors (Lipinski definition) is 2. The zero-order chi connectivity index (χ0) is 10.8. The zero-order valence-corrected chi connectivity index (χ0v) is 7.56. The number of carboxylic acid groups (broad SMARTS) is 1. The molecule has 0 aromatic heterocycles. The average molecular weight is 191 g/mol. The number of nitriles is 1. The Hall–Kier alpha value is -1.86. The van der Waals surface area contributed by atoms with Crippen molar-refractivity contribution < 1.29 is 15.0 Å². The van der Waals surface area contributed by atoms with Gasteiger partial charge in [-0.1, -0.05) is 12.1 Å². The molecule has 0 aliphatic heterocycles. The molecule has 0 saturated heterocycles. The summed E-state index contributed by atoms with van der Waals surface area (Å²) in [5, 5.41) is 26.8. The van der Waals surface area contributed by atoms with Crippen LogP contribution in [-0.4, -0.2) is 16.2 Å². The van der Waals surface area contributed by atoms with Gasteiger partial charge in [0.05, 0.1) is 11.6 Å². The third-order valence-electron chi connectivity index (χ3n) is 1.99. The molecule has 0 amide bonds. The van der Waals surface area contributed by atoms with Crippen LogP contribution in [0.1, 0.15) is 18.1 Å². The maximum Gasteiger partial charge on any atom is 0.340 e. The third kappa shape index (κ3) is 1.73. The summed E-state index contributed by atoms with van der Waals surface area (Å²) in [5.41, 5.74) is -1.23. The average Bonchev–Trinajstić information content (AvgIpc) is 2.17. The molecule has 4 nitrogen and oxygen atoms in total. The van der Waals surface area contributed by atoms with E-state index in [2.05, 4.69) is 0 Å². The van der Waals surface area contributed by atoms with Crippen molar-refractivity contribution in [1.29, 1.82) is 5.26 Å². The van der Waals surface area contributed by atoms with Gasteiger partial charge in [0.1, 0.15) is 0 Å². The van der Waals surface area contributed by atoms with E-state index in [1.54, 1.807) is 0 Å². The van der Waals surface area contributed by atoms with Crippen molar-refractivity contribution >= 4 is 5.97 Å². The fourth-order valence-corrected chi connectivity index (χ4v) is 0.993. The molecule has 14 heavy (non-hydrogen) atoms. The van der Waals surface area contributed by atoms with Crippen LogP contribution in [0.15, 0.2) is 24.3 Å². The molecule has 0 aliphatic rings. The molecule has 1 aromatic rings. The molecule has 1 atom stereocenters. The lowest BCUT2D eigenvalue weighted by Gasteiger charge is -2.17. The minimum absolute atomic E-state index is 0.254. The van der Waals surface area contributed by atoms with E-state index < -0.39 is 11.6 Å². The predicted molar refractivity (Wildman–Crippen MR) is 48.4 cm³/mol. The molecule has 0 aliphatic carbocycles. The van der Waals surface area contributed by atoms with E-state index in [-0.39, 0.29) is 5.56 Å². The Morgan fingerprint density at radius 2 is 1.93 bits per heavy atom. The Bertz CT molecular complexity index is 387. The van der Waals surface area contributed by atoms with E-state index in [9.17, 15) is 9.90 Å². The fourth-order valence-electron chi connectivity index (χ4n) is 0.993. The highest BCUT2D eigenvalue weighted by Gasteiger charge is 2.31. The number of carboxylic acids is 1. The minimum Gasteiger partial charge on any atom is -0.479 e. The van der Waals surface area contributed by atoms with Crippen LogP contribution in [0.5, 0.6) is 0 Å². The van der Waals surface area contributed by atoms with Crippen LogP contribution in [0.25, 0.3) is 0 Å². The first-order valence-electron chi connectivity index (χ1n) is 3.95. The molecular formula is C10H9NO3. The standard InChI is InChI=1S/C10H9NO3/c1-10(14,9(12)13)8-4-2-7(6-11)3-5-8/h2-5,14H,1H3,(H,12,13). The summed E-state index contributed by atoms with van der Waals surface area (Å²) in [7, 11) is 0. The molecule has 4 heteroatoms. The Morgan fingerprint density at radius 1 is 1.43 bits per heavy atom. The van der Waals surface area contributed by atoms with E-state index in [4.69, 9.17) is 10.4 Å². The smallest absolute Gasteiger partial charge is 0.340 e. The fraction of sp³-hybridized carbons (Fsp3) is 0.200. The first-order chi connectivity index (χ1) is 6.48. The maximum atomic E-state index is 10.7. The maximum absolute atomic E-state index is 10.7. The van der Waals surface area contributed by atoms with Gasteiger partial charge in [-0.3, -0.25) is 0 Å². The van der Waals surface area contributed by atoms with E-state index in [0.717, 1.165) is 0 Å². The van der Waals surface area contributed by atoms with Gasteiger partial charge in [0.2, 0.25) is 0 Å². The van der Waals surface area contributed by atoms with Crippen molar-refractivity contribution in [3.63, 3.8) is 0 Å². The SMILES string of the molecule is CC(O)(C(=O)O)c1ccc(C#N)cc1. The Balaban J connectivity index is 3.10. The number of rotatable bonds is 2. The van der Waals surface area contributed by atoms with Crippen LogP contribution in [0, 0.1) is 11.3 Å². The monoisotopic (exact) mass is 191 g/mol. The summed E-state index contributed by atoms with van der Waals surface area (Å²) >= 11 is 0. The molecule has 0 heterocycles. The largest absolute Gasteiger partial charge is 0.479 e. The highest BCUT2D eigenvalue weighted by molar-refractivity contribution is 5.78. The van der Waals surface area contributed by atoms with E-state index in [1.807, 2.05) is 6.07 Å². The van der Waals surface area contributed by atoms with Crippen LogP contribution in [0.4, 0.5) is 0 Å². The molecule has 1 aromatic carbocycles. The number of benzene rings is 1. The van der Waals surface area contributed by atoms with Crippen LogP contribution in [0.3, 0.4) is 0 Å². The summed E-state index contributed by atoms with van der Waals surface area (Å²) in [4.78, 5) is 10.7. The van der Waals surface area contributed by atoms with Crippen LogP contribution >= 0.6 is 0 Å². The third-order valence-corrected chi connectivity index (χ3v) is 1.99. The normalized spacial score (nSPS) is 14.1. The summed E-state index contributed by atoms with van der Waals surface area (Å²) in [6, 6.07) is 7.68. The molecule has 72 valence electrons. The topological polar surface area (TPSA) is 81.3 Å². The molecule has 0 spiro atoms. The van der Waals surface area contributed by atoms with Crippen LogP contribution in [0.2, 0.25) is 0 Å². The first kappa shape index (κ1) is 10.2. The molecule has 0 radical (unpaired) electrons. The van der Waals surface area contributed by atoms with Gasteiger partial charge in [-0.2, -0.15) is 5.26 Å². The van der Waals surface area contributed by atoms with Crippen LogP contribution < -0.4 is 0 Å². The highest BCUT2D eigenvalue weighted by atomic mass is 16.4. The zero-order valence-electron chi connectivity index (χ0n) is 7.56. The van der Waals surface area contributed by atoms with E-state index in [1.165, 1.54) is 31.2 Å². The Morgan fingerprint density at radius 3 is 2.29 bits per heavy atom. The second kappa shape index (κ2) is 3.48. The number of aliphatic carboxylic acids is 1. The molecule has 1 rings (SSSR count). The summed E-state index contributed by atoms with van der Waals surface area (Å²) in [6.07, 6.45) is 0. The van der Waals surface area contributed by atoms with Gasteiger partial charge >= 0.3 is 5.97 Å².